The van der Waals surface area contributed by atoms with Crippen molar-refractivity contribution in [2.45, 2.75) is 36.9 Å². The molecule has 2 rings (SSSR count). The minimum atomic E-state index is -0.349. The number of thioether (sulfide) groups is 2. The molecular formula is C12H19ClN2OS2. The van der Waals surface area contributed by atoms with Gasteiger partial charge in [0.15, 0.2) is 0 Å². The summed E-state index contributed by atoms with van der Waals surface area (Å²) in [5, 5.41) is 16.1. The van der Waals surface area contributed by atoms with Gasteiger partial charge in [-0.3, -0.25) is 4.68 Å². The van der Waals surface area contributed by atoms with Gasteiger partial charge in [0.1, 0.15) is 5.15 Å². The van der Waals surface area contributed by atoms with Gasteiger partial charge in [-0.2, -0.15) is 28.6 Å². The summed E-state index contributed by atoms with van der Waals surface area (Å²) in [5.41, 5.74) is 1.90. The average molecular weight is 307 g/mol. The Kier molecular flexibility index (Phi) is 4.92. The summed E-state index contributed by atoms with van der Waals surface area (Å²) in [6.45, 7) is 4.14. The third-order valence-corrected chi connectivity index (χ3v) is 7.01. The molecule has 0 aromatic carbocycles. The van der Waals surface area contributed by atoms with Gasteiger partial charge in [0.2, 0.25) is 0 Å². The molecule has 0 saturated carbocycles. The topological polar surface area (TPSA) is 38.0 Å². The van der Waals surface area contributed by atoms with Crippen molar-refractivity contribution in [2.75, 3.05) is 11.5 Å². The molecular weight excluding hydrogens is 288 g/mol. The molecule has 0 amide bonds. The first kappa shape index (κ1) is 14.6. The fourth-order valence-corrected chi connectivity index (χ4v) is 5.40. The normalized spacial score (nSPS) is 26.3. The SMILES string of the molecule is Cc1nn(C)c(Cl)c1CC(O)C1SCCSC1C. The van der Waals surface area contributed by atoms with Crippen molar-refractivity contribution >= 4 is 35.1 Å². The van der Waals surface area contributed by atoms with Gasteiger partial charge >= 0.3 is 0 Å². The van der Waals surface area contributed by atoms with E-state index >= 15 is 0 Å². The number of rotatable bonds is 3. The van der Waals surface area contributed by atoms with Crippen LogP contribution in [0.25, 0.3) is 0 Å². The van der Waals surface area contributed by atoms with Crippen LogP contribution in [0.3, 0.4) is 0 Å². The van der Waals surface area contributed by atoms with Crippen LogP contribution in [0.4, 0.5) is 0 Å². The molecule has 0 radical (unpaired) electrons. The first-order valence-electron chi connectivity index (χ1n) is 6.10. The number of aliphatic hydroxyl groups excluding tert-OH is 1. The smallest absolute Gasteiger partial charge is 0.130 e. The lowest BCUT2D eigenvalue weighted by atomic mass is 10.0. The number of hydrogen-bond donors (Lipinski definition) is 1. The number of hydrogen-bond acceptors (Lipinski definition) is 4. The van der Waals surface area contributed by atoms with Crippen LogP contribution in [0.2, 0.25) is 5.15 Å². The van der Waals surface area contributed by atoms with Gasteiger partial charge in [-0.05, 0) is 6.92 Å². The van der Waals surface area contributed by atoms with Crippen LogP contribution >= 0.6 is 35.1 Å². The van der Waals surface area contributed by atoms with E-state index < -0.39 is 0 Å². The summed E-state index contributed by atoms with van der Waals surface area (Å²) in [7, 11) is 1.83. The molecule has 2 heterocycles. The molecule has 1 fully saturated rings. The first-order valence-corrected chi connectivity index (χ1v) is 8.57. The highest BCUT2D eigenvalue weighted by Crippen LogP contribution is 2.34. The highest BCUT2D eigenvalue weighted by molar-refractivity contribution is 8.07. The van der Waals surface area contributed by atoms with Gasteiger partial charge in [0.25, 0.3) is 0 Å². The Morgan fingerprint density at radius 1 is 1.50 bits per heavy atom. The Hall–Kier alpha value is 0.160. The second-order valence-corrected chi connectivity index (χ2v) is 7.79. The van der Waals surface area contributed by atoms with E-state index in [0.29, 0.717) is 22.1 Å². The molecule has 102 valence electrons. The summed E-state index contributed by atoms with van der Waals surface area (Å²) in [4.78, 5) is 0. The average Bonchev–Trinajstić information content (AvgIpc) is 2.56. The lowest BCUT2D eigenvalue weighted by Crippen LogP contribution is -2.36. The van der Waals surface area contributed by atoms with Crippen molar-refractivity contribution in [3.8, 4) is 0 Å². The van der Waals surface area contributed by atoms with Gasteiger partial charge in [-0.25, -0.2) is 0 Å². The number of aromatic nitrogens is 2. The second kappa shape index (κ2) is 6.07. The Morgan fingerprint density at radius 2 is 2.17 bits per heavy atom. The van der Waals surface area contributed by atoms with Crippen LogP contribution in [0, 0.1) is 6.92 Å². The summed E-state index contributed by atoms with van der Waals surface area (Å²) < 4.78 is 1.67. The minimum Gasteiger partial charge on any atom is -0.392 e. The molecule has 1 saturated heterocycles. The van der Waals surface area contributed by atoms with Crippen LogP contribution < -0.4 is 0 Å². The molecule has 3 nitrogen and oxygen atoms in total. The Labute approximate surface area is 122 Å². The molecule has 0 spiro atoms. The van der Waals surface area contributed by atoms with E-state index in [2.05, 4.69) is 12.0 Å². The summed E-state index contributed by atoms with van der Waals surface area (Å²) >= 11 is 10.0. The fraction of sp³-hybridized carbons (Fsp3) is 0.750. The zero-order chi connectivity index (χ0) is 13.3. The van der Waals surface area contributed by atoms with E-state index in [9.17, 15) is 5.11 Å². The molecule has 0 aliphatic carbocycles. The maximum absolute atomic E-state index is 10.4. The molecule has 1 aliphatic heterocycles. The fourth-order valence-electron chi connectivity index (χ4n) is 2.30. The molecule has 18 heavy (non-hydrogen) atoms. The van der Waals surface area contributed by atoms with Crippen LogP contribution in [0.1, 0.15) is 18.2 Å². The van der Waals surface area contributed by atoms with Gasteiger partial charge in [0, 0.05) is 41.0 Å². The Morgan fingerprint density at radius 3 is 2.72 bits per heavy atom. The minimum absolute atomic E-state index is 0.291. The summed E-state index contributed by atoms with van der Waals surface area (Å²) in [6, 6.07) is 0. The van der Waals surface area contributed by atoms with Crippen molar-refractivity contribution in [1.82, 2.24) is 9.78 Å². The molecule has 0 bridgehead atoms. The molecule has 6 heteroatoms. The van der Waals surface area contributed by atoms with E-state index in [4.69, 9.17) is 11.6 Å². The second-order valence-electron chi connectivity index (χ2n) is 4.66. The lowest BCUT2D eigenvalue weighted by molar-refractivity contribution is 0.171. The Bertz CT molecular complexity index is 424. The van der Waals surface area contributed by atoms with Crippen LogP contribution in [-0.2, 0) is 13.5 Å². The van der Waals surface area contributed by atoms with Crippen LogP contribution in [0.15, 0.2) is 0 Å². The van der Waals surface area contributed by atoms with Crippen LogP contribution in [-0.4, -0.2) is 43.0 Å². The molecule has 3 atom stereocenters. The van der Waals surface area contributed by atoms with Crippen molar-refractivity contribution in [3.05, 3.63) is 16.4 Å². The van der Waals surface area contributed by atoms with E-state index in [-0.39, 0.29) is 6.10 Å². The van der Waals surface area contributed by atoms with E-state index in [1.807, 2.05) is 37.5 Å². The zero-order valence-electron chi connectivity index (χ0n) is 10.9. The van der Waals surface area contributed by atoms with Crippen molar-refractivity contribution in [3.63, 3.8) is 0 Å². The van der Waals surface area contributed by atoms with Crippen molar-refractivity contribution < 1.29 is 5.11 Å². The molecule has 1 aliphatic rings. The largest absolute Gasteiger partial charge is 0.392 e. The third-order valence-electron chi connectivity index (χ3n) is 3.30. The predicted molar refractivity (Wildman–Crippen MR) is 80.8 cm³/mol. The van der Waals surface area contributed by atoms with Gasteiger partial charge in [-0.1, -0.05) is 18.5 Å². The van der Waals surface area contributed by atoms with Crippen molar-refractivity contribution in [2.24, 2.45) is 7.05 Å². The third kappa shape index (κ3) is 3.00. The van der Waals surface area contributed by atoms with E-state index in [1.165, 1.54) is 5.75 Å². The van der Waals surface area contributed by atoms with Crippen LogP contribution in [0.5, 0.6) is 0 Å². The number of aliphatic hydroxyl groups is 1. The summed E-state index contributed by atoms with van der Waals surface area (Å²) in [6.07, 6.45) is 0.249. The predicted octanol–water partition coefficient (Wildman–Crippen LogP) is 2.52. The zero-order valence-corrected chi connectivity index (χ0v) is 13.3. The highest BCUT2D eigenvalue weighted by atomic mass is 35.5. The molecule has 1 aromatic rings. The highest BCUT2D eigenvalue weighted by Gasteiger charge is 2.30. The molecule has 1 aromatic heterocycles. The van der Waals surface area contributed by atoms with Crippen molar-refractivity contribution in [1.29, 1.82) is 0 Å². The standard InChI is InChI=1S/C12H19ClN2OS2/c1-7-9(12(13)15(3)14-7)6-10(16)11-8(2)17-4-5-18-11/h8,10-11,16H,4-6H2,1-3H3. The quantitative estimate of drug-likeness (QED) is 0.931. The number of nitrogens with zero attached hydrogens (tertiary/aromatic N) is 2. The first-order chi connectivity index (χ1) is 8.50. The molecule has 1 N–H and O–H groups in total. The van der Waals surface area contributed by atoms with Gasteiger partial charge in [-0.15, -0.1) is 0 Å². The Balaban J connectivity index is 2.08. The maximum Gasteiger partial charge on any atom is 0.130 e. The monoisotopic (exact) mass is 306 g/mol. The summed E-state index contributed by atoms with van der Waals surface area (Å²) in [5.74, 6) is 2.30. The number of halogens is 1. The van der Waals surface area contributed by atoms with Gasteiger partial charge in [0.05, 0.1) is 11.8 Å². The maximum atomic E-state index is 10.4. The van der Waals surface area contributed by atoms with E-state index in [1.54, 1.807) is 4.68 Å². The number of aryl methyl sites for hydroxylation is 2. The van der Waals surface area contributed by atoms with Gasteiger partial charge < -0.3 is 5.11 Å². The van der Waals surface area contributed by atoms with E-state index in [0.717, 1.165) is 17.0 Å². The molecule has 3 unspecified atom stereocenters. The lowest BCUT2D eigenvalue weighted by Gasteiger charge is -2.31.